The second-order valence-corrected chi connectivity index (χ2v) is 13.3. The number of carbonyl (C=O) groups is 4. The van der Waals surface area contributed by atoms with E-state index in [0.29, 0.717) is 31.0 Å². The van der Waals surface area contributed by atoms with Gasteiger partial charge < -0.3 is 45.3 Å². The van der Waals surface area contributed by atoms with E-state index in [2.05, 4.69) is 46.5 Å². The molecule has 2 aliphatic rings. The Kier molecular flexibility index (Phi) is 13.1. The number of benzene rings is 1. The highest BCUT2D eigenvalue weighted by molar-refractivity contribution is 9.10. The fourth-order valence-corrected chi connectivity index (χ4v) is 6.08. The second-order valence-electron chi connectivity index (χ2n) is 12.0. The van der Waals surface area contributed by atoms with Gasteiger partial charge in [0.25, 0.3) is 5.91 Å². The van der Waals surface area contributed by atoms with E-state index in [1.807, 2.05) is 13.8 Å². The Bertz CT molecular complexity index is 1560. The van der Waals surface area contributed by atoms with Crippen LogP contribution < -0.4 is 20.7 Å². The van der Waals surface area contributed by atoms with Crippen LogP contribution in [0.3, 0.4) is 0 Å². The Morgan fingerprint density at radius 1 is 1.16 bits per heavy atom. The third-order valence-electron chi connectivity index (χ3n) is 8.10. The average Bonchev–Trinajstić information content (AvgIpc) is 3.05. The largest absolute Gasteiger partial charge is 0.490 e. The van der Waals surface area contributed by atoms with Gasteiger partial charge in [-0.2, -0.15) is 13.2 Å². The van der Waals surface area contributed by atoms with Crippen LogP contribution in [-0.4, -0.2) is 106 Å². The summed E-state index contributed by atoms with van der Waals surface area (Å²) in [7, 11) is 0. The van der Waals surface area contributed by atoms with Crippen molar-refractivity contribution in [2.75, 3.05) is 30.3 Å². The molecule has 19 heteroatoms. The molecular formula is C31H36BrClF3N5O9. The summed E-state index contributed by atoms with van der Waals surface area (Å²) in [6, 6.07) is 4.11. The van der Waals surface area contributed by atoms with Crippen molar-refractivity contribution in [1.82, 2.24) is 15.2 Å². The van der Waals surface area contributed by atoms with Crippen LogP contribution in [0.25, 0.3) is 0 Å². The third kappa shape index (κ3) is 9.82. The van der Waals surface area contributed by atoms with Gasteiger partial charge in [0, 0.05) is 29.6 Å². The number of aliphatic hydroxyl groups is 2. The number of carbonyl (C=O) groups excluding carboxylic acids is 4. The summed E-state index contributed by atoms with van der Waals surface area (Å²) < 4.78 is 56.2. The minimum absolute atomic E-state index is 0.107. The van der Waals surface area contributed by atoms with Gasteiger partial charge in [0.15, 0.2) is 6.10 Å². The molecule has 0 spiro atoms. The number of pyridine rings is 1. The Labute approximate surface area is 298 Å². The predicted molar refractivity (Wildman–Crippen MR) is 175 cm³/mol. The Morgan fingerprint density at radius 3 is 2.40 bits per heavy atom. The van der Waals surface area contributed by atoms with Crippen LogP contribution in [0.1, 0.15) is 44.0 Å². The van der Waals surface area contributed by atoms with Gasteiger partial charge in [-0.3, -0.25) is 14.4 Å². The van der Waals surface area contributed by atoms with E-state index in [1.54, 1.807) is 0 Å². The standard InChI is InChI=1S/C31H36BrClF3N5O9/c1-14(2)41-8-6-16(7-9-41)27(45)40-23-19(28(46)39-22-5-4-18(33)12-37-22)10-17(32)11-20(23)48-29-24(38-15(3)43)26(25(44)21(13-42)49-29)50-30(47)31(34,35)36/h4-5,10-12,14,16,21,24-26,29,42,44H,6-9,13H2,1-3H3,(H,38,43)(H,40,45)(H,37,39,46)/t21-,24-,25-,26-,29-/m1/s1. The Morgan fingerprint density at radius 2 is 1.84 bits per heavy atom. The third-order valence-corrected chi connectivity index (χ3v) is 8.78. The molecule has 3 heterocycles. The van der Waals surface area contributed by atoms with E-state index in [1.165, 1.54) is 30.5 Å². The summed E-state index contributed by atoms with van der Waals surface area (Å²) in [5.74, 6) is -5.36. The first-order valence-electron chi connectivity index (χ1n) is 15.5. The highest BCUT2D eigenvalue weighted by Crippen LogP contribution is 2.37. The van der Waals surface area contributed by atoms with E-state index < -0.39 is 73.0 Å². The van der Waals surface area contributed by atoms with E-state index in [-0.39, 0.29) is 33.3 Å². The van der Waals surface area contributed by atoms with Gasteiger partial charge in [-0.15, -0.1) is 0 Å². The zero-order valence-electron chi connectivity index (χ0n) is 27.0. The number of aliphatic hydroxyl groups excluding tert-OH is 2. The molecule has 0 radical (unpaired) electrons. The van der Waals surface area contributed by atoms with Crippen LogP contribution in [0, 0.1) is 5.92 Å². The lowest BCUT2D eigenvalue weighted by atomic mass is 9.94. The first-order chi connectivity index (χ1) is 23.5. The van der Waals surface area contributed by atoms with Crippen LogP contribution in [-0.2, 0) is 23.9 Å². The van der Waals surface area contributed by atoms with Gasteiger partial charge in [0.2, 0.25) is 18.1 Å². The number of nitrogens with one attached hydrogen (secondary N) is 3. The van der Waals surface area contributed by atoms with Crippen molar-refractivity contribution < 1.29 is 56.8 Å². The molecule has 0 bridgehead atoms. The van der Waals surface area contributed by atoms with Gasteiger partial charge in [0.05, 0.1) is 22.9 Å². The normalized spacial score (nSPS) is 23.2. The molecule has 4 rings (SSSR count). The summed E-state index contributed by atoms with van der Waals surface area (Å²) in [6.07, 6.45) is -10.8. The maximum Gasteiger partial charge on any atom is 0.490 e. The number of ether oxygens (including phenoxy) is 3. The quantitative estimate of drug-likeness (QED) is 0.222. The summed E-state index contributed by atoms with van der Waals surface area (Å²) in [4.78, 5) is 57.7. The van der Waals surface area contributed by atoms with Crippen molar-refractivity contribution in [3.05, 3.63) is 45.5 Å². The number of anilines is 2. The van der Waals surface area contributed by atoms with Crippen molar-refractivity contribution >= 4 is 62.7 Å². The van der Waals surface area contributed by atoms with E-state index in [0.717, 1.165) is 6.92 Å². The van der Waals surface area contributed by atoms with Crippen molar-refractivity contribution in [2.45, 2.75) is 76.5 Å². The van der Waals surface area contributed by atoms with E-state index in [9.17, 15) is 42.6 Å². The predicted octanol–water partition coefficient (Wildman–Crippen LogP) is 3.24. The fraction of sp³-hybridized carbons (Fsp3) is 0.516. The summed E-state index contributed by atoms with van der Waals surface area (Å²) in [5.41, 5.74) is -0.332. The minimum Gasteiger partial charge on any atom is -0.460 e. The zero-order chi connectivity index (χ0) is 36.9. The van der Waals surface area contributed by atoms with Gasteiger partial charge in [0.1, 0.15) is 29.8 Å². The smallest absolute Gasteiger partial charge is 0.460 e. The molecule has 2 saturated heterocycles. The molecule has 1 aromatic carbocycles. The average molecular weight is 795 g/mol. The summed E-state index contributed by atoms with van der Waals surface area (Å²) in [5, 5.41) is 28.5. The van der Waals surface area contributed by atoms with Crippen LogP contribution >= 0.6 is 27.5 Å². The number of rotatable bonds is 10. The van der Waals surface area contributed by atoms with Gasteiger partial charge in [-0.05, 0) is 64.0 Å². The van der Waals surface area contributed by atoms with E-state index in [4.69, 9.17) is 21.1 Å². The molecule has 5 atom stereocenters. The van der Waals surface area contributed by atoms with E-state index >= 15 is 0 Å². The van der Waals surface area contributed by atoms with Gasteiger partial charge in [-0.25, -0.2) is 9.78 Å². The van der Waals surface area contributed by atoms with Crippen LogP contribution in [0.2, 0.25) is 5.02 Å². The first-order valence-corrected chi connectivity index (χ1v) is 16.6. The minimum atomic E-state index is -5.47. The molecule has 50 heavy (non-hydrogen) atoms. The monoisotopic (exact) mass is 793 g/mol. The molecule has 3 amide bonds. The number of halogens is 5. The second kappa shape index (κ2) is 16.6. The molecule has 2 fully saturated rings. The van der Waals surface area contributed by atoms with Crippen LogP contribution in [0.5, 0.6) is 5.75 Å². The number of esters is 1. The lowest BCUT2D eigenvalue weighted by Gasteiger charge is -2.43. The molecule has 14 nitrogen and oxygen atoms in total. The lowest BCUT2D eigenvalue weighted by molar-refractivity contribution is -0.261. The molecular weight excluding hydrogens is 759 g/mol. The zero-order valence-corrected chi connectivity index (χ0v) is 29.3. The molecule has 5 N–H and O–H groups in total. The number of amides is 3. The van der Waals surface area contributed by atoms with Gasteiger partial charge >= 0.3 is 12.1 Å². The van der Waals surface area contributed by atoms with Crippen molar-refractivity contribution in [3.63, 3.8) is 0 Å². The van der Waals surface area contributed by atoms with Crippen molar-refractivity contribution in [3.8, 4) is 5.75 Å². The highest BCUT2D eigenvalue weighted by Gasteiger charge is 2.52. The molecule has 2 aliphatic heterocycles. The summed E-state index contributed by atoms with van der Waals surface area (Å²) >= 11 is 9.21. The maximum absolute atomic E-state index is 13.7. The molecule has 2 aromatic rings. The Hall–Kier alpha value is -3.55. The molecule has 274 valence electrons. The number of hydrogen-bond donors (Lipinski definition) is 5. The Balaban J connectivity index is 1.75. The number of alkyl halides is 3. The highest BCUT2D eigenvalue weighted by atomic mass is 79.9. The molecule has 0 unspecified atom stereocenters. The first kappa shape index (κ1) is 39.2. The topological polar surface area (TPSA) is 189 Å². The van der Waals surface area contributed by atoms with Crippen LogP contribution in [0.15, 0.2) is 34.9 Å². The van der Waals surface area contributed by atoms with Crippen molar-refractivity contribution in [1.29, 1.82) is 0 Å². The SMILES string of the molecule is CC(=O)N[C@H]1[C@H](Oc2cc(Br)cc(C(=O)Nc3ccc(Cl)cn3)c2NC(=O)C2CCN(C(C)C)CC2)O[C@H](CO)[C@@H](O)[C@@H]1OC(=O)C(F)(F)F. The number of aromatic nitrogens is 1. The number of piperidine rings is 1. The maximum atomic E-state index is 13.7. The molecule has 0 aliphatic carbocycles. The molecule has 1 aromatic heterocycles. The fourth-order valence-electron chi connectivity index (χ4n) is 5.53. The van der Waals surface area contributed by atoms with Crippen molar-refractivity contribution in [2.24, 2.45) is 5.92 Å². The number of likely N-dealkylation sites (tertiary alicyclic amines) is 1. The van der Waals surface area contributed by atoms with Gasteiger partial charge in [-0.1, -0.05) is 27.5 Å². The number of nitrogens with zero attached hydrogens (tertiary/aromatic N) is 2. The number of hydrogen-bond acceptors (Lipinski definition) is 11. The summed E-state index contributed by atoms with van der Waals surface area (Å²) in [6.45, 7) is 5.42. The lowest BCUT2D eigenvalue weighted by Crippen LogP contribution is -2.66. The molecule has 0 saturated carbocycles. The van der Waals surface area contributed by atoms with Crippen LogP contribution in [0.4, 0.5) is 24.7 Å².